The van der Waals surface area contributed by atoms with Crippen molar-refractivity contribution in [3.8, 4) is 0 Å². The molecule has 2 aromatic carbocycles. The van der Waals surface area contributed by atoms with Crippen LogP contribution in [-0.2, 0) is 15.6 Å². The number of nitrogens with one attached hydrogen (secondary N) is 1. The van der Waals surface area contributed by atoms with E-state index in [1.54, 1.807) is 12.1 Å². The molecule has 3 N–H and O–H groups in total. The van der Waals surface area contributed by atoms with Gasteiger partial charge in [0.1, 0.15) is 11.6 Å². The first-order valence-corrected chi connectivity index (χ1v) is 7.65. The molecule has 0 bridgehead atoms. The molecule has 7 heteroatoms. The van der Waals surface area contributed by atoms with Crippen LogP contribution in [0.3, 0.4) is 0 Å². The van der Waals surface area contributed by atoms with Crippen molar-refractivity contribution in [2.24, 2.45) is 0 Å². The number of rotatable bonds is 4. The molecule has 1 atom stereocenters. The van der Waals surface area contributed by atoms with Crippen LogP contribution in [0.4, 0.5) is 15.8 Å². The van der Waals surface area contributed by atoms with Gasteiger partial charge in [-0.05, 0) is 30.3 Å². The summed E-state index contributed by atoms with van der Waals surface area (Å²) in [7, 11) is -1.63. The minimum absolute atomic E-state index is 0.0450. The number of amides is 1. The maximum atomic E-state index is 13.4. The Labute approximate surface area is 128 Å². The number of carbonyl (C=O) groups excluding carboxylic acids is 1. The van der Waals surface area contributed by atoms with Crippen LogP contribution in [0.5, 0.6) is 0 Å². The molecule has 0 spiro atoms. The van der Waals surface area contributed by atoms with Gasteiger partial charge in [0, 0.05) is 10.7 Å². The van der Waals surface area contributed by atoms with E-state index in [1.807, 2.05) is 0 Å². The maximum Gasteiger partial charge on any atom is 0.237 e. The minimum atomic E-state index is -1.63. The van der Waals surface area contributed by atoms with E-state index in [0.717, 1.165) is 0 Å². The molecular weight excluding hydrogens is 315 g/mol. The number of nitrogen functional groups attached to an aromatic ring is 1. The number of anilines is 2. The van der Waals surface area contributed by atoms with Crippen LogP contribution in [-0.4, -0.2) is 15.9 Å². The first kappa shape index (κ1) is 15.5. The van der Waals surface area contributed by atoms with Gasteiger partial charge < -0.3 is 11.1 Å². The summed E-state index contributed by atoms with van der Waals surface area (Å²) in [4.78, 5) is 12.1. The fraction of sp³-hybridized carbons (Fsp3) is 0.0714. The largest absolute Gasteiger partial charge is 0.398 e. The molecule has 0 aliphatic carbocycles. The topological polar surface area (TPSA) is 72.2 Å². The molecule has 110 valence electrons. The van der Waals surface area contributed by atoms with Crippen molar-refractivity contribution < 1.29 is 13.4 Å². The van der Waals surface area contributed by atoms with E-state index >= 15 is 0 Å². The van der Waals surface area contributed by atoms with Crippen LogP contribution >= 0.6 is 11.6 Å². The summed E-state index contributed by atoms with van der Waals surface area (Å²) in [5.41, 5.74) is 6.00. The highest BCUT2D eigenvalue weighted by molar-refractivity contribution is 7.86. The number of hydrogen-bond acceptors (Lipinski definition) is 3. The Morgan fingerprint density at radius 3 is 2.67 bits per heavy atom. The molecule has 0 radical (unpaired) electrons. The van der Waals surface area contributed by atoms with Gasteiger partial charge in [0.15, 0.2) is 0 Å². The fourth-order valence-electron chi connectivity index (χ4n) is 1.67. The lowest BCUT2D eigenvalue weighted by atomic mass is 10.3. The molecule has 0 heterocycles. The Morgan fingerprint density at radius 1 is 1.29 bits per heavy atom. The van der Waals surface area contributed by atoms with Crippen molar-refractivity contribution in [1.29, 1.82) is 0 Å². The smallest absolute Gasteiger partial charge is 0.237 e. The van der Waals surface area contributed by atoms with Gasteiger partial charge in [-0.1, -0.05) is 23.7 Å². The summed E-state index contributed by atoms with van der Waals surface area (Å²) in [5.74, 6) is -1.43. The zero-order valence-corrected chi connectivity index (χ0v) is 12.4. The Bertz CT molecular complexity index is 709. The number of hydrogen-bond donors (Lipinski definition) is 2. The van der Waals surface area contributed by atoms with E-state index in [4.69, 9.17) is 17.3 Å². The summed E-state index contributed by atoms with van der Waals surface area (Å²) in [6, 6.07) is 10.3. The van der Waals surface area contributed by atoms with Crippen molar-refractivity contribution in [1.82, 2.24) is 0 Å². The summed E-state index contributed by atoms with van der Waals surface area (Å²) in [6.45, 7) is 0. The van der Waals surface area contributed by atoms with Crippen molar-refractivity contribution in [2.45, 2.75) is 4.90 Å². The third-order valence-electron chi connectivity index (χ3n) is 2.63. The van der Waals surface area contributed by atoms with Gasteiger partial charge in [-0.2, -0.15) is 0 Å². The monoisotopic (exact) mass is 326 g/mol. The highest BCUT2D eigenvalue weighted by Crippen LogP contribution is 2.21. The van der Waals surface area contributed by atoms with Gasteiger partial charge >= 0.3 is 0 Å². The van der Waals surface area contributed by atoms with E-state index in [1.165, 1.54) is 30.3 Å². The molecule has 0 fully saturated rings. The standard InChI is InChI=1S/C14H12ClFN2O2S/c15-9-5-6-13(11(17)7-9)21(20)8-14(19)18-12-4-2-1-3-10(12)16/h1-7H,8,17H2,(H,18,19). The molecule has 0 saturated carbocycles. The van der Waals surface area contributed by atoms with Crippen molar-refractivity contribution in [2.75, 3.05) is 16.8 Å². The molecule has 2 aromatic rings. The Morgan fingerprint density at radius 2 is 2.00 bits per heavy atom. The molecular formula is C14H12ClFN2O2S. The van der Waals surface area contributed by atoms with Crippen LogP contribution in [0.25, 0.3) is 0 Å². The van der Waals surface area contributed by atoms with E-state index in [-0.39, 0.29) is 17.1 Å². The molecule has 0 saturated heterocycles. The van der Waals surface area contributed by atoms with Crippen LogP contribution in [0.15, 0.2) is 47.4 Å². The lowest BCUT2D eigenvalue weighted by Crippen LogP contribution is -2.20. The lowest BCUT2D eigenvalue weighted by molar-refractivity contribution is -0.113. The molecule has 0 aliphatic rings. The third-order valence-corrected chi connectivity index (χ3v) is 4.25. The molecule has 1 unspecified atom stereocenters. The second kappa shape index (κ2) is 6.69. The second-order valence-electron chi connectivity index (χ2n) is 4.20. The zero-order chi connectivity index (χ0) is 15.4. The first-order valence-electron chi connectivity index (χ1n) is 5.95. The number of benzene rings is 2. The van der Waals surface area contributed by atoms with E-state index in [2.05, 4.69) is 5.32 Å². The van der Waals surface area contributed by atoms with Crippen molar-refractivity contribution >= 4 is 39.7 Å². The number of carbonyl (C=O) groups is 1. The van der Waals surface area contributed by atoms with E-state index in [0.29, 0.717) is 9.92 Å². The van der Waals surface area contributed by atoms with Gasteiger partial charge in [-0.25, -0.2) is 4.39 Å². The molecule has 21 heavy (non-hydrogen) atoms. The quantitative estimate of drug-likeness (QED) is 0.849. The molecule has 2 rings (SSSR count). The Kier molecular flexibility index (Phi) is 4.93. The number of halogens is 2. The second-order valence-corrected chi connectivity index (χ2v) is 6.06. The fourth-order valence-corrected chi connectivity index (χ4v) is 2.86. The predicted molar refractivity (Wildman–Crippen MR) is 82.2 cm³/mol. The van der Waals surface area contributed by atoms with Gasteiger partial charge in [-0.3, -0.25) is 9.00 Å². The predicted octanol–water partition coefficient (Wildman–Crippen LogP) is 2.81. The van der Waals surface area contributed by atoms with E-state index < -0.39 is 22.5 Å². The normalized spacial score (nSPS) is 11.9. The highest BCUT2D eigenvalue weighted by Gasteiger charge is 2.14. The average Bonchev–Trinajstić information content (AvgIpc) is 2.41. The highest BCUT2D eigenvalue weighted by atomic mass is 35.5. The molecule has 0 aliphatic heterocycles. The van der Waals surface area contributed by atoms with E-state index in [9.17, 15) is 13.4 Å². The average molecular weight is 327 g/mol. The van der Waals surface area contributed by atoms with Gasteiger partial charge in [0.25, 0.3) is 0 Å². The Hall–Kier alpha value is -1.92. The summed E-state index contributed by atoms with van der Waals surface area (Å²) in [5, 5.41) is 2.79. The van der Waals surface area contributed by atoms with Gasteiger partial charge in [0.2, 0.25) is 5.91 Å². The van der Waals surface area contributed by atoms with Crippen LogP contribution in [0.1, 0.15) is 0 Å². The summed E-state index contributed by atoms with van der Waals surface area (Å²) < 4.78 is 25.5. The van der Waals surface area contributed by atoms with Crippen LogP contribution in [0.2, 0.25) is 5.02 Å². The lowest BCUT2D eigenvalue weighted by Gasteiger charge is -2.08. The molecule has 4 nitrogen and oxygen atoms in total. The first-order chi connectivity index (χ1) is 9.97. The summed E-state index contributed by atoms with van der Waals surface area (Å²) in [6.07, 6.45) is 0. The van der Waals surface area contributed by atoms with Gasteiger partial charge in [0.05, 0.1) is 21.4 Å². The third kappa shape index (κ3) is 4.03. The van der Waals surface area contributed by atoms with Crippen molar-refractivity contribution in [3.63, 3.8) is 0 Å². The maximum absolute atomic E-state index is 13.4. The van der Waals surface area contributed by atoms with Crippen LogP contribution in [0, 0.1) is 5.82 Å². The zero-order valence-electron chi connectivity index (χ0n) is 10.8. The molecule has 0 aromatic heterocycles. The summed E-state index contributed by atoms with van der Waals surface area (Å²) >= 11 is 5.75. The van der Waals surface area contributed by atoms with Gasteiger partial charge in [-0.15, -0.1) is 0 Å². The Balaban J connectivity index is 2.06. The number of nitrogens with two attached hydrogens (primary N) is 1. The van der Waals surface area contributed by atoms with Crippen molar-refractivity contribution in [3.05, 3.63) is 53.3 Å². The molecule has 1 amide bonds. The SMILES string of the molecule is Nc1cc(Cl)ccc1S(=O)CC(=O)Nc1ccccc1F. The van der Waals surface area contributed by atoms with Crippen LogP contribution < -0.4 is 11.1 Å². The minimum Gasteiger partial charge on any atom is -0.398 e. The number of para-hydroxylation sites is 1.